The van der Waals surface area contributed by atoms with Crippen LogP contribution in [0.5, 0.6) is 0 Å². The third kappa shape index (κ3) is 7.10. The minimum Gasteiger partial charge on any atom is -0.355 e. The second-order valence-electron chi connectivity index (χ2n) is 2.44. The highest BCUT2D eigenvalue weighted by atomic mass is 16.1. The molecule has 0 spiro atoms. The van der Waals surface area contributed by atoms with E-state index in [2.05, 4.69) is 23.5 Å². The van der Waals surface area contributed by atoms with Crippen LogP contribution in [0.2, 0.25) is 0 Å². The molecule has 0 aliphatic heterocycles. The number of hydrogen-bond acceptors (Lipinski definition) is 2. The van der Waals surface area contributed by atoms with Crippen LogP contribution in [-0.4, -0.2) is 25.5 Å². The lowest BCUT2D eigenvalue weighted by Gasteiger charge is -2.02. The molecule has 0 saturated heterocycles. The molecule has 0 unspecified atom stereocenters. The lowest BCUT2D eigenvalue weighted by molar-refractivity contribution is -0.120. The summed E-state index contributed by atoms with van der Waals surface area (Å²) < 4.78 is 0. The zero-order chi connectivity index (χ0) is 9.23. The molecule has 0 heterocycles. The first kappa shape index (κ1) is 11.0. The summed E-state index contributed by atoms with van der Waals surface area (Å²) in [7, 11) is 0. The fourth-order valence-electron chi connectivity index (χ4n) is 0.773. The second kappa shape index (κ2) is 8.09. The van der Waals surface area contributed by atoms with Crippen molar-refractivity contribution in [2.24, 2.45) is 0 Å². The zero-order valence-corrected chi connectivity index (χ0v) is 7.52. The van der Waals surface area contributed by atoms with Crippen LogP contribution in [-0.2, 0) is 4.79 Å². The van der Waals surface area contributed by atoms with Crippen molar-refractivity contribution in [3.05, 3.63) is 0 Å². The Labute approximate surface area is 73.9 Å². The fourth-order valence-corrected chi connectivity index (χ4v) is 0.773. The molecule has 0 fully saturated rings. The van der Waals surface area contributed by atoms with E-state index in [-0.39, 0.29) is 12.3 Å². The average molecular weight is 168 g/mol. The van der Waals surface area contributed by atoms with Gasteiger partial charge in [0.25, 0.3) is 0 Å². The fraction of sp³-hybridized carbons (Fsp3) is 0.667. The smallest absolute Gasteiger partial charge is 0.232 e. The molecule has 0 aromatic heterocycles. The van der Waals surface area contributed by atoms with Gasteiger partial charge in [0.15, 0.2) is 0 Å². The summed E-state index contributed by atoms with van der Waals surface area (Å²) in [4.78, 5) is 10.8. The highest BCUT2D eigenvalue weighted by Crippen LogP contribution is 1.77. The van der Waals surface area contributed by atoms with E-state index < -0.39 is 0 Å². The molecule has 0 aromatic rings. The predicted molar refractivity (Wildman–Crippen MR) is 49.6 cm³/mol. The van der Waals surface area contributed by atoms with Gasteiger partial charge in [0.1, 0.15) is 0 Å². The standard InChI is InChI=1S/C9H16N2O/c1-3-6-9(12)11-8-5-7-10-4-2/h1,10H,4-8H2,2H3,(H,11,12). The van der Waals surface area contributed by atoms with Gasteiger partial charge in [-0.3, -0.25) is 4.79 Å². The molecular formula is C9H16N2O. The van der Waals surface area contributed by atoms with Crippen molar-refractivity contribution in [2.45, 2.75) is 19.8 Å². The van der Waals surface area contributed by atoms with Crippen LogP contribution < -0.4 is 10.6 Å². The van der Waals surface area contributed by atoms with Gasteiger partial charge in [0.05, 0.1) is 6.42 Å². The number of carbonyl (C=O) groups is 1. The van der Waals surface area contributed by atoms with E-state index in [1.165, 1.54) is 0 Å². The lowest BCUT2D eigenvalue weighted by atomic mass is 10.3. The monoisotopic (exact) mass is 168 g/mol. The van der Waals surface area contributed by atoms with E-state index in [9.17, 15) is 4.79 Å². The van der Waals surface area contributed by atoms with Crippen LogP contribution in [0.15, 0.2) is 0 Å². The van der Waals surface area contributed by atoms with E-state index in [1.807, 2.05) is 0 Å². The first-order chi connectivity index (χ1) is 5.81. The molecule has 2 N–H and O–H groups in total. The molecule has 0 bridgehead atoms. The molecule has 12 heavy (non-hydrogen) atoms. The first-order valence-corrected chi connectivity index (χ1v) is 4.22. The molecule has 0 aliphatic rings. The Hall–Kier alpha value is -1.01. The lowest BCUT2D eigenvalue weighted by Crippen LogP contribution is -2.26. The summed E-state index contributed by atoms with van der Waals surface area (Å²) in [6, 6.07) is 0. The Bertz CT molecular complexity index is 160. The zero-order valence-electron chi connectivity index (χ0n) is 7.52. The van der Waals surface area contributed by atoms with Crippen LogP contribution in [0, 0.1) is 12.3 Å². The molecule has 68 valence electrons. The normalized spacial score (nSPS) is 9.00. The van der Waals surface area contributed by atoms with Gasteiger partial charge in [0, 0.05) is 6.54 Å². The quantitative estimate of drug-likeness (QED) is 0.437. The third-order valence-electron chi connectivity index (χ3n) is 1.37. The predicted octanol–water partition coefficient (Wildman–Crippen LogP) is 0.125. The Morgan fingerprint density at radius 2 is 2.25 bits per heavy atom. The van der Waals surface area contributed by atoms with Crippen molar-refractivity contribution in [2.75, 3.05) is 19.6 Å². The Balaban J connectivity index is 3.10. The van der Waals surface area contributed by atoms with E-state index in [1.54, 1.807) is 0 Å². The maximum atomic E-state index is 10.8. The number of hydrogen-bond donors (Lipinski definition) is 2. The summed E-state index contributed by atoms with van der Waals surface area (Å²) >= 11 is 0. The van der Waals surface area contributed by atoms with E-state index >= 15 is 0 Å². The number of amides is 1. The van der Waals surface area contributed by atoms with E-state index in [0.717, 1.165) is 19.5 Å². The van der Waals surface area contributed by atoms with Crippen molar-refractivity contribution < 1.29 is 4.79 Å². The Kier molecular flexibility index (Phi) is 7.41. The maximum absolute atomic E-state index is 10.8. The van der Waals surface area contributed by atoms with Crippen LogP contribution >= 0.6 is 0 Å². The minimum absolute atomic E-state index is 0.0611. The van der Waals surface area contributed by atoms with Crippen molar-refractivity contribution in [3.63, 3.8) is 0 Å². The van der Waals surface area contributed by atoms with Crippen molar-refractivity contribution >= 4 is 5.91 Å². The highest BCUT2D eigenvalue weighted by Gasteiger charge is 1.95. The van der Waals surface area contributed by atoms with Gasteiger partial charge < -0.3 is 10.6 Å². The minimum atomic E-state index is -0.0611. The summed E-state index contributed by atoms with van der Waals surface area (Å²) in [5.74, 6) is 2.23. The molecule has 3 heteroatoms. The largest absolute Gasteiger partial charge is 0.355 e. The topological polar surface area (TPSA) is 41.1 Å². The molecule has 0 aliphatic carbocycles. The molecule has 3 nitrogen and oxygen atoms in total. The van der Waals surface area contributed by atoms with Gasteiger partial charge in [-0.2, -0.15) is 0 Å². The SMILES string of the molecule is C#CCC(=O)NCCCNCC. The number of carbonyl (C=O) groups excluding carboxylic acids is 1. The Morgan fingerprint density at radius 3 is 2.83 bits per heavy atom. The van der Waals surface area contributed by atoms with Gasteiger partial charge in [-0.1, -0.05) is 12.8 Å². The molecular weight excluding hydrogens is 152 g/mol. The summed E-state index contributed by atoms with van der Waals surface area (Å²) in [5.41, 5.74) is 0. The average Bonchev–Trinajstić information content (AvgIpc) is 2.05. The summed E-state index contributed by atoms with van der Waals surface area (Å²) in [6.07, 6.45) is 6.09. The van der Waals surface area contributed by atoms with Crippen LogP contribution in [0.4, 0.5) is 0 Å². The van der Waals surface area contributed by atoms with Crippen molar-refractivity contribution in [1.82, 2.24) is 10.6 Å². The van der Waals surface area contributed by atoms with Gasteiger partial charge in [-0.25, -0.2) is 0 Å². The van der Waals surface area contributed by atoms with Crippen LogP contribution in [0.25, 0.3) is 0 Å². The van der Waals surface area contributed by atoms with Gasteiger partial charge in [0.2, 0.25) is 5.91 Å². The van der Waals surface area contributed by atoms with Crippen molar-refractivity contribution in [1.29, 1.82) is 0 Å². The molecule has 0 atom stereocenters. The highest BCUT2D eigenvalue weighted by molar-refractivity contribution is 5.78. The van der Waals surface area contributed by atoms with Gasteiger partial charge in [-0.05, 0) is 19.5 Å². The molecule has 0 aromatic carbocycles. The first-order valence-electron chi connectivity index (χ1n) is 4.22. The molecule has 0 saturated carbocycles. The number of terminal acetylenes is 1. The van der Waals surface area contributed by atoms with E-state index in [4.69, 9.17) is 6.42 Å². The number of nitrogens with one attached hydrogen (secondary N) is 2. The van der Waals surface area contributed by atoms with E-state index in [0.29, 0.717) is 6.54 Å². The maximum Gasteiger partial charge on any atom is 0.232 e. The van der Waals surface area contributed by atoms with Crippen LogP contribution in [0.3, 0.4) is 0 Å². The molecule has 0 rings (SSSR count). The third-order valence-corrected chi connectivity index (χ3v) is 1.37. The van der Waals surface area contributed by atoms with Gasteiger partial charge >= 0.3 is 0 Å². The summed E-state index contributed by atoms with van der Waals surface area (Å²) in [6.45, 7) is 4.66. The summed E-state index contributed by atoms with van der Waals surface area (Å²) in [5, 5.41) is 5.88. The second-order valence-corrected chi connectivity index (χ2v) is 2.44. The molecule has 0 radical (unpaired) electrons. The van der Waals surface area contributed by atoms with Crippen LogP contribution in [0.1, 0.15) is 19.8 Å². The molecule has 1 amide bonds. The van der Waals surface area contributed by atoms with Crippen molar-refractivity contribution in [3.8, 4) is 12.3 Å². The Morgan fingerprint density at radius 1 is 1.50 bits per heavy atom. The number of rotatable bonds is 6. The van der Waals surface area contributed by atoms with Gasteiger partial charge in [-0.15, -0.1) is 6.42 Å².